The fourth-order valence-electron chi connectivity index (χ4n) is 4.54. The molecule has 0 saturated heterocycles. The third-order valence-corrected chi connectivity index (χ3v) is 6.79. The first kappa shape index (κ1) is 22.8. The largest absolute Gasteiger partial charge is 0.394 e. The monoisotopic (exact) mass is 490 g/mol. The Bertz CT molecular complexity index is 1690. The van der Waals surface area contributed by atoms with Crippen LogP contribution in [0.3, 0.4) is 0 Å². The predicted octanol–water partition coefficient (Wildman–Crippen LogP) is 6.50. The second kappa shape index (κ2) is 8.06. The SMILES string of the molecule is C=Cc1cc(C(=O)c2cc(F)c(N)c(F)c2)n2cccc(-c3c(C)cc4c(nc(C)n4C)c3Cl)c12. The second-order valence-corrected chi connectivity index (χ2v) is 8.86. The van der Waals surface area contributed by atoms with E-state index in [1.807, 2.05) is 37.6 Å². The lowest BCUT2D eigenvalue weighted by molar-refractivity contribution is 0.103. The van der Waals surface area contributed by atoms with Crippen molar-refractivity contribution in [2.75, 3.05) is 5.73 Å². The van der Waals surface area contributed by atoms with Crippen molar-refractivity contribution in [1.29, 1.82) is 0 Å². The Balaban J connectivity index is 1.78. The number of halogens is 3. The molecule has 0 aliphatic heterocycles. The van der Waals surface area contributed by atoms with Gasteiger partial charge in [-0.05, 0) is 49.7 Å². The topological polar surface area (TPSA) is 65.3 Å². The molecular formula is C27H21ClF2N4O. The van der Waals surface area contributed by atoms with Gasteiger partial charge >= 0.3 is 0 Å². The van der Waals surface area contributed by atoms with Crippen molar-refractivity contribution >= 4 is 45.7 Å². The standard InChI is InChI=1S/C27H21ClF2N4O/c1-5-15-12-21(27(35)16-10-18(29)24(31)19(30)11-16)34-8-6-7-17(26(15)34)22-13(2)9-20-25(23(22)28)32-14(3)33(20)4/h5-12H,1,31H2,2-4H3. The van der Waals surface area contributed by atoms with Crippen molar-refractivity contribution in [2.45, 2.75) is 13.8 Å². The first-order chi connectivity index (χ1) is 16.6. The molecule has 0 aliphatic rings. The summed E-state index contributed by atoms with van der Waals surface area (Å²) >= 11 is 6.90. The molecule has 5 rings (SSSR count). The molecule has 2 aromatic carbocycles. The van der Waals surface area contributed by atoms with Gasteiger partial charge in [0.05, 0.1) is 21.7 Å². The number of ketones is 1. The number of rotatable bonds is 4. The number of fused-ring (bicyclic) bond motifs is 2. The highest BCUT2D eigenvalue weighted by Gasteiger charge is 2.23. The molecule has 176 valence electrons. The highest BCUT2D eigenvalue weighted by molar-refractivity contribution is 6.38. The summed E-state index contributed by atoms with van der Waals surface area (Å²) in [6.07, 6.45) is 3.35. The van der Waals surface area contributed by atoms with Gasteiger partial charge < -0.3 is 14.7 Å². The van der Waals surface area contributed by atoms with Crippen molar-refractivity contribution in [1.82, 2.24) is 14.0 Å². The van der Waals surface area contributed by atoms with Crippen LogP contribution in [-0.4, -0.2) is 19.7 Å². The minimum atomic E-state index is -0.986. The Morgan fingerprint density at radius 3 is 2.51 bits per heavy atom. The molecule has 35 heavy (non-hydrogen) atoms. The van der Waals surface area contributed by atoms with E-state index in [0.717, 1.165) is 40.2 Å². The zero-order valence-corrected chi connectivity index (χ0v) is 20.0. The van der Waals surface area contributed by atoms with Crippen LogP contribution in [-0.2, 0) is 7.05 Å². The maximum absolute atomic E-state index is 14.1. The summed E-state index contributed by atoms with van der Waals surface area (Å²) in [6.45, 7) is 7.78. The summed E-state index contributed by atoms with van der Waals surface area (Å²) < 4.78 is 31.8. The van der Waals surface area contributed by atoms with E-state index in [2.05, 4.69) is 11.6 Å². The summed E-state index contributed by atoms with van der Waals surface area (Å²) in [4.78, 5) is 18.0. The van der Waals surface area contributed by atoms with E-state index < -0.39 is 23.1 Å². The maximum atomic E-state index is 14.1. The number of nitrogens with two attached hydrogens (primary N) is 1. The minimum Gasteiger partial charge on any atom is -0.394 e. The number of nitrogens with zero attached hydrogens (tertiary/aromatic N) is 3. The molecule has 0 amide bonds. The fraction of sp³-hybridized carbons (Fsp3) is 0.111. The molecule has 0 bridgehead atoms. The first-order valence-corrected chi connectivity index (χ1v) is 11.2. The Morgan fingerprint density at radius 2 is 1.86 bits per heavy atom. The van der Waals surface area contributed by atoms with Gasteiger partial charge in [-0.2, -0.15) is 0 Å². The quantitative estimate of drug-likeness (QED) is 0.231. The fourth-order valence-corrected chi connectivity index (χ4v) is 4.93. The van der Waals surface area contributed by atoms with Crippen molar-refractivity contribution in [3.8, 4) is 11.1 Å². The number of carbonyl (C=O) groups excluding carboxylic acids is 1. The number of benzene rings is 2. The van der Waals surface area contributed by atoms with Crippen LogP contribution in [0.4, 0.5) is 14.5 Å². The average molecular weight is 491 g/mol. The van der Waals surface area contributed by atoms with Crippen molar-refractivity contribution in [3.63, 3.8) is 0 Å². The van der Waals surface area contributed by atoms with Crippen molar-refractivity contribution < 1.29 is 13.6 Å². The highest BCUT2D eigenvalue weighted by Crippen LogP contribution is 2.40. The molecule has 0 unspecified atom stereocenters. The number of hydrogen-bond donors (Lipinski definition) is 1. The number of imidazole rings is 1. The van der Waals surface area contributed by atoms with Crippen LogP contribution in [0.2, 0.25) is 5.02 Å². The number of carbonyl (C=O) groups is 1. The molecule has 5 nitrogen and oxygen atoms in total. The maximum Gasteiger partial charge on any atom is 0.209 e. The van der Waals surface area contributed by atoms with E-state index >= 15 is 0 Å². The molecule has 3 heterocycles. The van der Waals surface area contributed by atoms with Gasteiger partial charge in [0, 0.05) is 35.5 Å². The van der Waals surface area contributed by atoms with Gasteiger partial charge in [-0.15, -0.1) is 0 Å². The van der Waals surface area contributed by atoms with Gasteiger partial charge in [0.1, 0.15) is 28.7 Å². The van der Waals surface area contributed by atoms with Crippen LogP contribution in [0.1, 0.15) is 33.0 Å². The van der Waals surface area contributed by atoms with Gasteiger partial charge in [-0.3, -0.25) is 4.79 Å². The molecule has 0 atom stereocenters. The number of pyridine rings is 1. The first-order valence-electron chi connectivity index (χ1n) is 10.8. The molecule has 0 radical (unpaired) electrons. The van der Waals surface area contributed by atoms with E-state index in [9.17, 15) is 13.6 Å². The van der Waals surface area contributed by atoms with E-state index in [1.165, 1.54) is 0 Å². The molecule has 0 fully saturated rings. The normalized spacial score (nSPS) is 11.5. The van der Waals surface area contributed by atoms with Crippen molar-refractivity contribution in [2.24, 2.45) is 7.05 Å². The molecule has 2 N–H and O–H groups in total. The van der Waals surface area contributed by atoms with Gasteiger partial charge in [-0.1, -0.05) is 30.3 Å². The molecule has 3 aromatic heterocycles. The van der Waals surface area contributed by atoms with Gasteiger partial charge in [0.2, 0.25) is 5.78 Å². The summed E-state index contributed by atoms with van der Waals surface area (Å²) in [7, 11) is 1.93. The molecule has 0 saturated carbocycles. The number of nitrogen functional groups attached to an aromatic ring is 1. The van der Waals surface area contributed by atoms with Crippen molar-refractivity contribution in [3.05, 3.63) is 94.0 Å². The van der Waals surface area contributed by atoms with Gasteiger partial charge in [0.25, 0.3) is 0 Å². The average Bonchev–Trinajstić information content (AvgIpc) is 3.35. The Labute approximate surface area is 205 Å². The van der Waals surface area contributed by atoms with Crippen LogP contribution in [0.25, 0.3) is 33.8 Å². The van der Waals surface area contributed by atoms with Crippen LogP contribution in [0, 0.1) is 25.5 Å². The molecular weight excluding hydrogens is 470 g/mol. The minimum absolute atomic E-state index is 0.144. The zero-order valence-electron chi connectivity index (χ0n) is 19.3. The van der Waals surface area contributed by atoms with E-state index in [-0.39, 0.29) is 11.3 Å². The summed E-state index contributed by atoms with van der Waals surface area (Å²) in [6, 6.07) is 9.26. The van der Waals surface area contributed by atoms with E-state index in [4.69, 9.17) is 17.3 Å². The third kappa shape index (κ3) is 3.34. The van der Waals surface area contributed by atoms with Gasteiger partial charge in [0.15, 0.2) is 0 Å². The van der Waals surface area contributed by atoms with Gasteiger partial charge in [-0.25, -0.2) is 13.8 Å². The van der Waals surface area contributed by atoms with E-state index in [0.29, 0.717) is 21.6 Å². The lowest BCUT2D eigenvalue weighted by Crippen LogP contribution is -2.08. The molecule has 8 heteroatoms. The summed E-state index contributed by atoms with van der Waals surface area (Å²) in [5.74, 6) is -1.69. The summed E-state index contributed by atoms with van der Waals surface area (Å²) in [5, 5.41) is 0.503. The number of hydrogen-bond acceptors (Lipinski definition) is 3. The molecule has 5 aromatic rings. The highest BCUT2D eigenvalue weighted by atomic mass is 35.5. The van der Waals surface area contributed by atoms with Crippen LogP contribution < -0.4 is 5.73 Å². The number of aryl methyl sites for hydroxylation is 3. The summed E-state index contributed by atoms with van der Waals surface area (Å²) in [5.41, 5.74) is 10.3. The lowest BCUT2D eigenvalue weighted by atomic mass is 9.98. The third-order valence-electron chi connectivity index (χ3n) is 6.42. The van der Waals surface area contributed by atoms with Crippen LogP contribution in [0.15, 0.2) is 49.2 Å². The van der Waals surface area contributed by atoms with Crippen LogP contribution in [0.5, 0.6) is 0 Å². The Kier molecular flexibility index (Phi) is 5.25. The lowest BCUT2D eigenvalue weighted by Gasteiger charge is -2.13. The predicted molar refractivity (Wildman–Crippen MR) is 136 cm³/mol. The molecule has 0 spiro atoms. The van der Waals surface area contributed by atoms with E-state index in [1.54, 1.807) is 28.8 Å². The van der Waals surface area contributed by atoms with Crippen LogP contribution >= 0.6 is 11.6 Å². The number of anilines is 1. The number of aromatic nitrogens is 3. The smallest absolute Gasteiger partial charge is 0.209 e. The second-order valence-electron chi connectivity index (χ2n) is 8.48. The zero-order chi connectivity index (χ0) is 25.2. The Hall–Kier alpha value is -3.97. The Morgan fingerprint density at radius 1 is 1.17 bits per heavy atom. The molecule has 0 aliphatic carbocycles.